The Morgan fingerprint density at radius 3 is 2.53 bits per heavy atom. The number of hydrogen-bond acceptors (Lipinski definition) is 4. The van der Waals surface area contributed by atoms with E-state index in [9.17, 15) is 17.6 Å². The molecule has 0 amide bonds. The molecule has 7 heteroatoms. The van der Waals surface area contributed by atoms with Crippen molar-refractivity contribution in [3.05, 3.63) is 30.1 Å². The topological polar surface area (TPSA) is 63.7 Å². The second-order valence-corrected chi connectivity index (χ2v) is 6.07. The molecule has 0 unspecified atom stereocenters. The van der Waals surface area contributed by atoms with Crippen LogP contribution < -0.4 is 0 Å². The van der Waals surface area contributed by atoms with Crippen LogP contribution in [0.2, 0.25) is 0 Å². The van der Waals surface area contributed by atoms with E-state index in [1.807, 2.05) is 0 Å². The number of carbonyl (C=O) groups excluding carboxylic acids is 1. The van der Waals surface area contributed by atoms with Gasteiger partial charge in [-0.15, -0.1) is 0 Å². The number of hydrogen-bond donors (Lipinski definition) is 0. The predicted octanol–water partition coefficient (Wildman–Crippen LogP) is 1.40. The molecule has 0 atom stereocenters. The van der Waals surface area contributed by atoms with Gasteiger partial charge >= 0.3 is 5.97 Å². The lowest BCUT2D eigenvalue weighted by molar-refractivity contribution is -0.141. The van der Waals surface area contributed by atoms with Crippen molar-refractivity contribution >= 4 is 16.0 Å². The van der Waals surface area contributed by atoms with Crippen LogP contribution in [0.1, 0.15) is 13.8 Å². The van der Waals surface area contributed by atoms with Crippen LogP contribution in [-0.2, 0) is 19.6 Å². The van der Waals surface area contributed by atoms with Crippen molar-refractivity contribution in [3.63, 3.8) is 0 Å². The molecule has 1 rings (SSSR count). The highest BCUT2D eigenvalue weighted by Gasteiger charge is 2.29. The van der Waals surface area contributed by atoms with Crippen molar-refractivity contribution in [1.29, 1.82) is 0 Å². The van der Waals surface area contributed by atoms with E-state index in [0.717, 1.165) is 16.4 Å². The predicted molar refractivity (Wildman–Crippen MR) is 67.4 cm³/mol. The van der Waals surface area contributed by atoms with E-state index in [2.05, 4.69) is 4.74 Å². The monoisotopic (exact) mass is 289 g/mol. The average Bonchev–Trinajstić information content (AvgIpc) is 2.34. The molecule has 0 aliphatic rings. The first kappa shape index (κ1) is 15.6. The van der Waals surface area contributed by atoms with Crippen LogP contribution in [0.25, 0.3) is 0 Å². The van der Waals surface area contributed by atoms with Crippen molar-refractivity contribution in [1.82, 2.24) is 4.31 Å². The molecule has 0 aliphatic heterocycles. The highest BCUT2D eigenvalue weighted by molar-refractivity contribution is 7.89. The largest absolute Gasteiger partial charge is 0.468 e. The second kappa shape index (κ2) is 6.12. The molecule has 0 saturated carbocycles. The van der Waals surface area contributed by atoms with Gasteiger partial charge in [0.25, 0.3) is 0 Å². The maximum Gasteiger partial charge on any atom is 0.321 e. The van der Waals surface area contributed by atoms with Crippen molar-refractivity contribution in [2.24, 2.45) is 0 Å². The smallest absolute Gasteiger partial charge is 0.321 e. The summed E-state index contributed by atoms with van der Waals surface area (Å²) in [5, 5.41) is 0. The van der Waals surface area contributed by atoms with E-state index < -0.39 is 34.4 Å². The standard InChI is InChI=1S/C12H16FNO4S/c1-9(2)14(8-12(15)18-3)19(16,17)11-6-4-5-10(13)7-11/h4-7,9H,8H2,1-3H3. The molecule has 0 radical (unpaired) electrons. The van der Waals surface area contributed by atoms with Gasteiger partial charge in [0.1, 0.15) is 12.4 Å². The molecule has 0 bridgehead atoms. The minimum atomic E-state index is -3.94. The number of sulfonamides is 1. The number of benzene rings is 1. The van der Waals surface area contributed by atoms with Crippen LogP contribution in [-0.4, -0.2) is 38.4 Å². The number of ether oxygens (including phenoxy) is 1. The van der Waals surface area contributed by atoms with Gasteiger partial charge in [0, 0.05) is 6.04 Å². The van der Waals surface area contributed by atoms with E-state index in [0.29, 0.717) is 0 Å². The van der Waals surface area contributed by atoms with Gasteiger partial charge in [-0.2, -0.15) is 4.31 Å². The summed E-state index contributed by atoms with van der Waals surface area (Å²) in [6, 6.07) is 4.21. The first-order valence-corrected chi connectivity index (χ1v) is 7.07. The van der Waals surface area contributed by atoms with Gasteiger partial charge in [-0.25, -0.2) is 12.8 Å². The number of nitrogens with zero attached hydrogens (tertiary/aromatic N) is 1. The first-order valence-electron chi connectivity index (χ1n) is 5.63. The third kappa shape index (κ3) is 3.74. The van der Waals surface area contributed by atoms with E-state index in [1.54, 1.807) is 13.8 Å². The molecule has 0 N–H and O–H groups in total. The van der Waals surface area contributed by atoms with Gasteiger partial charge in [-0.3, -0.25) is 4.79 Å². The van der Waals surface area contributed by atoms with Gasteiger partial charge in [-0.05, 0) is 32.0 Å². The molecule has 19 heavy (non-hydrogen) atoms. The van der Waals surface area contributed by atoms with Crippen LogP contribution >= 0.6 is 0 Å². The molecule has 106 valence electrons. The Balaban J connectivity index is 3.17. The lowest BCUT2D eigenvalue weighted by Crippen LogP contribution is -2.41. The van der Waals surface area contributed by atoms with E-state index >= 15 is 0 Å². The molecule has 0 saturated heterocycles. The molecule has 0 aliphatic carbocycles. The van der Waals surface area contributed by atoms with Gasteiger partial charge in [0.2, 0.25) is 10.0 Å². The number of rotatable bonds is 5. The lowest BCUT2D eigenvalue weighted by atomic mass is 10.3. The third-order valence-corrected chi connectivity index (χ3v) is 4.51. The van der Waals surface area contributed by atoms with E-state index in [-0.39, 0.29) is 4.90 Å². The Labute approximate surface area is 112 Å². The van der Waals surface area contributed by atoms with Gasteiger partial charge in [0.05, 0.1) is 12.0 Å². The Morgan fingerprint density at radius 2 is 2.05 bits per heavy atom. The Kier molecular flexibility index (Phi) is 5.02. The Bertz CT molecular complexity index is 557. The SMILES string of the molecule is COC(=O)CN(C(C)C)S(=O)(=O)c1cccc(F)c1. The van der Waals surface area contributed by atoms with Crippen molar-refractivity contribution < 1.29 is 22.3 Å². The summed E-state index contributed by atoms with van der Waals surface area (Å²) in [6.07, 6.45) is 0. The minimum Gasteiger partial charge on any atom is -0.468 e. The van der Waals surface area contributed by atoms with Crippen molar-refractivity contribution in [2.45, 2.75) is 24.8 Å². The summed E-state index contributed by atoms with van der Waals surface area (Å²) < 4.78 is 43.2. The molecule has 1 aromatic carbocycles. The maximum atomic E-state index is 13.1. The Morgan fingerprint density at radius 1 is 1.42 bits per heavy atom. The van der Waals surface area contributed by atoms with Gasteiger partial charge in [0.15, 0.2) is 0 Å². The van der Waals surface area contributed by atoms with Gasteiger partial charge in [-0.1, -0.05) is 6.07 Å². The highest BCUT2D eigenvalue weighted by Crippen LogP contribution is 2.18. The van der Waals surface area contributed by atoms with Crippen molar-refractivity contribution in [2.75, 3.05) is 13.7 Å². The number of methoxy groups -OCH3 is 1. The summed E-state index contributed by atoms with van der Waals surface area (Å²) in [5.41, 5.74) is 0. The number of esters is 1. The fourth-order valence-electron chi connectivity index (χ4n) is 1.50. The summed E-state index contributed by atoms with van der Waals surface area (Å²) >= 11 is 0. The Hall–Kier alpha value is -1.47. The summed E-state index contributed by atoms with van der Waals surface area (Å²) in [6.45, 7) is 2.84. The zero-order chi connectivity index (χ0) is 14.6. The van der Waals surface area contributed by atoms with Gasteiger partial charge < -0.3 is 4.74 Å². The van der Waals surface area contributed by atoms with Crippen LogP contribution in [0.4, 0.5) is 4.39 Å². The average molecular weight is 289 g/mol. The lowest BCUT2D eigenvalue weighted by Gasteiger charge is -2.24. The molecule has 0 fully saturated rings. The summed E-state index contributed by atoms with van der Waals surface area (Å²) in [4.78, 5) is 11.1. The zero-order valence-corrected chi connectivity index (χ0v) is 11.8. The third-order valence-electron chi connectivity index (χ3n) is 2.49. The molecular formula is C12H16FNO4S. The van der Waals surface area contributed by atoms with Crippen LogP contribution in [0.5, 0.6) is 0 Å². The van der Waals surface area contributed by atoms with Crippen LogP contribution in [0.3, 0.4) is 0 Å². The van der Waals surface area contributed by atoms with Crippen LogP contribution in [0, 0.1) is 5.82 Å². The summed E-state index contributed by atoms with van der Waals surface area (Å²) in [7, 11) is -2.76. The number of halogens is 1. The first-order chi connectivity index (χ1) is 8.78. The normalized spacial score (nSPS) is 11.9. The summed E-state index contributed by atoms with van der Waals surface area (Å²) in [5.74, 6) is -1.32. The molecule has 1 aromatic rings. The fourth-order valence-corrected chi connectivity index (χ4v) is 3.11. The number of carbonyl (C=O) groups is 1. The highest BCUT2D eigenvalue weighted by atomic mass is 32.2. The molecule has 0 spiro atoms. The van der Waals surface area contributed by atoms with Crippen molar-refractivity contribution in [3.8, 4) is 0 Å². The molecular weight excluding hydrogens is 273 g/mol. The quantitative estimate of drug-likeness (QED) is 0.769. The van der Waals surface area contributed by atoms with E-state index in [4.69, 9.17) is 0 Å². The second-order valence-electron chi connectivity index (χ2n) is 4.18. The molecule has 5 nitrogen and oxygen atoms in total. The fraction of sp³-hybridized carbons (Fsp3) is 0.417. The van der Waals surface area contributed by atoms with Crippen LogP contribution in [0.15, 0.2) is 29.2 Å². The van der Waals surface area contributed by atoms with E-state index in [1.165, 1.54) is 19.2 Å². The molecule has 0 aromatic heterocycles. The minimum absolute atomic E-state index is 0.190. The molecule has 0 heterocycles. The maximum absolute atomic E-state index is 13.1. The zero-order valence-electron chi connectivity index (χ0n) is 11.0.